The molecule has 0 heterocycles. The van der Waals surface area contributed by atoms with Crippen LogP contribution in [0.4, 0.5) is 5.69 Å². The molecule has 3 nitrogen and oxygen atoms in total. The van der Waals surface area contributed by atoms with Crippen molar-refractivity contribution in [3.05, 3.63) is 28.7 Å². The summed E-state index contributed by atoms with van der Waals surface area (Å²) in [6.07, 6.45) is 0. The largest absolute Gasteiger partial charge is 0.465 e. The summed E-state index contributed by atoms with van der Waals surface area (Å²) in [5.41, 5.74) is 0.896. The first-order valence-corrected chi connectivity index (χ1v) is 5.16. The molecule has 1 rings (SSSR count). The zero-order valence-electron chi connectivity index (χ0n) is 7.92. The van der Waals surface area contributed by atoms with Gasteiger partial charge >= 0.3 is 5.97 Å². The fourth-order valence-electron chi connectivity index (χ4n) is 0.985. The van der Waals surface area contributed by atoms with Crippen LogP contribution in [-0.4, -0.2) is 19.1 Å². The lowest BCUT2D eigenvalue weighted by Gasteiger charge is -2.05. The molecule has 0 aromatic heterocycles. The van der Waals surface area contributed by atoms with Crippen molar-refractivity contribution in [3.63, 3.8) is 0 Å². The molecule has 0 atom stereocenters. The summed E-state index contributed by atoms with van der Waals surface area (Å²) >= 11 is 3.34. The number of carbonyl (C=O) groups is 1. The van der Waals surface area contributed by atoms with Gasteiger partial charge in [-0.1, -0.05) is 22.0 Å². The average molecular weight is 258 g/mol. The second-order valence-electron chi connectivity index (χ2n) is 2.67. The molecule has 0 amide bonds. The minimum atomic E-state index is -0.243. The molecule has 0 saturated carbocycles. The molecular formula is C10H12BrNO2. The number of hydrogen-bond acceptors (Lipinski definition) is 3. The topological polar surface area (TPSA) is 38.3 Å². The second-order valence-corrected chi connectivity index (χ2v) is 3.58. The van der Waals surface area contributed by atoms with Gasteiger partial charge in [-0.05, 0) is 25.1 Å². The smallest absolute Gasteiger partial charge is 0.325 e. The Balaban J connectivity index is 2.41. The van der Waals surface area contributed by atoms with Crippen molar-refractivity contribution >= 4 is 27.6 Å². The molecule has 0 aliphatic carbocycles. The van der Waals surface area contributed by atoms with Crippen LogP contribution in [0.3, 0.4) is 0 Å². The molecule has 0 aliphatic rings. The lowest BCUT2D eigenvalue weighted by Crippen LogP contribution is -2.16. The Morgan fingerprint density at radius 3 is 3.00 bits per heavy atom. The molecular weight excluding hydrogens is 246 g/mol. The van der Waals surface area contributed by atoms with E-state index in [4.69, 9.17) is 4.74 Å². The predicted octanol–water partition coefficient (Wildman–Crippen LogP) is 2.42. The van der Waals surface area contributed by atoms with Crippen molar-refractivity contribution in [2.24, 2.45) is 0 Å². The van der Waals surface area contributed by atoms with E-state index >= 15 is 0 Å². The molecule has 14 heavy (non-hydrogen) atoms. The molecule has 0 radical (unpaired) electrons. The molecule has 0 unspecified atom stereocenters. The highest BCUT2D eigenvalue weighted by Crippen LogP contribution is 2.15. The van der Waals surface area contributed by atoms with Crippen LogP contribution in [0.1, 0.15) is 6.92 Å². The molecule has 1 N–H and O–H groups in total. The highest BCUT2D eigenvalue weighted by atomic mass is 79.9. The number of anilines is 1. The quantitative estimate of drug-likeness (QED) is 0.843. The van der Waals surface area contributed by atoms with E-state index in [2.05, 4.69) is 21.2 Å². The first kappa shape index (κ1) is 11.0. The van der Waals surface area contributed by atoms with Crippen LogP contribution in [-0.2, 0) is 9.53 Å². The van der Waals surface area contributed by atoms with Crippen LogP contribution in [0, 0.1) is 0 Å². The third-order valence-corrected chi connectivity index (χ3v) is 2.06. The van der Waals surface area contributed by atoms with E-state index in [1.165, 1.54) is 0 Å². The molecule has 1 aromatic carbocycles. The number of nitrogens with one attached hydrogen (secondary N) is 1. The van der Waals surface area contributed by atoms with Crippen LogP contribution in [0.5, 0.6) is 0 Å². The maximum Gasteiger partial charge on any atom is 0.325 e. The highest BCUT2D eigenvalue weighted by Gasteiger charge is 2.00. The Bertz CT molecular complexity index is 315. The van der Waals surface area contributed by atoms with E-state index in [1.807, 2.05) is 24.3 Å². The lowest BCUT2D eigenvalue weighted by atomic mass is 10.3. The standard InChI is InChI=1S/C10H12BrNO2/c1-2-14-10(13)7-12-9-5-3-4-8(11)6-9/h3-6,12H,2,7H2,1H3. The van der Waals surface area contributed by atoms with Gasteiger partial charge in [-0.15, -0.1) is 0 Å². The van der Waals surface area contributed by atoms with Gasteiger partial charge in [-0.3, -0.25) is 4.79 Å². The van der Waals surface area contributed by atoms with Crippen molar-refractivity contribution in [2.45, 2.75) is 6.92 Å². The van der Waals surface area contributed by atoms with Crippen LogP contribution in [0.25, 0.3) is 0 Å². The van der Waals surface area contributed by atoms with E-state index in [0.29, 0.717) is 6.61 Å². The minimum Gasteiger partial charge on any atom is -0.465 e. The Morgan fingerprint density at radius 2 is 2.36 bits per heavy atom. The normalized spacial score (nSPS) is 9.57. The van der Waals surface area contributed by atoms with Gasteiger partial charge in [-0.2, -0.15) is 0 Å². The zero-order chi connectivity index (χ0) is 10.4. The summed E-state index contributed by atoms with van der Waals surface area (Å²) in [5.74, 6) is -0.243. The maximum absolute atomic E-state index is 11.0. The van der Waals surface area contributed by atoms with Gasteiger partial charge in [-0.25, -0.2) is 0 Å². The Kier molecular flexibility index (Phi) is 4.46. The number of halogens is 1. The number of rotatable bonds is 4. The van der Waals surface area contributed by atoms with E-state index in [9.17, 15) is 4.79 Å². The highest BCUT2D eigenvalue weighted by molar-refractivity contribution is 9.10. The van der Waals surface area contributed by atoms with Gasteiger partial charge in [0.2, 0.25) is 0 Å². The average Bonchev–Trinajstić information content (AvgIpc) is 2.15. The maximum atomic E-state index is 11.0. The van der Waals surface area contributed by atoms with Crippen LogP contribution in [0.15, 0.2) is 28.7 Å². The first-order chi connectivity index (χ1) is 6.72. The Morgan fingerprint density at radius 1 is 1.57 bits per heavy atom. The third kappa shape index (κ3) is 3.79. The fraction of sp³-hybridized carbons (Fsp3) is 0.300. The molecule has 0 bridgehead atoms. The summed E-state index contributed by atoms with van der Waals surface area (Å²) < 4.78 is 5.76. The van der Waals surface area contributed by atoms with Crippen molar-refractivity contribution in [3.8, 4) is 0 Å². The summed E-state index contributed by atoms with van der Waals surface area (Å²) in [7, 11) is 0. The lowest BCUT2D eigenvalue weighted by molar-refractivity contribution is -0.140. The monoisotopic (exact) mass is 257 g/mol. The fourth-order valence-corrected chi connectivity index (χ4v) is 1.38. The van der Waals surface area contributed by atoms with E-state index < -0.39 is 0 Å². The number of carbonyl (C=O) groups excluding carboxylic acids is 1. The zero-order valence-corrected chi connectivity index (χ0v) is 9.50. The minimum absolute atomic E-state index is 0.199. The molecule has 0 spiro atoms. The van der Waals surface area contributed by atoms with Gasteiger partial charge in [0, 0.05) is 10.2 Å². The molecule has 0 fully saturated rings. The number of ether oxygens (including phenoxy) is 1. The molecule has 76 valence electrons. The van der Waals surface area contributed by atoms with Gasteiger partial charge < -0.3 is 10.1 Å². The molecule has 1 aromatic rings. The van der Waals surface area contributed by atoms with E-state index in [0.717, 1.165) is 10.2 Å². The van der Waals surface area contributed by atoms with Crippen molar-refractivity contribution in [1.82, 2.24) is 0 Å². The summed E-state index contributed by atoms with van der Waals surface area (Å²) in [4.78, 5) is 11.0. The van der Waals surface area contributed by atoms with E-state index in [1.54, 1.807) is 6.92 Å². The van der Waals surface area contributed by atoms with Gasteiger partial charge in [0.1, 0.15) is 6.54 Å². The Hall–Kier alpha value is -1.03. The molecule has 0 saturated heterocycles. The SMILES string of the molecule is CCOC(=O)CNc1cccc(Br)c1. The number of esters is 1. The summed E-state index contributed by atoms with van der Waals surface area (Å²) in [6.45, 7) is 2.40. The van der Waals surface area contributed by atoms with Crippen LogP contribution >= 0.6 is 15.9 Å². The van der Waals surface area contributed by atoms with Crippen molar-refractivity contribution in [2.75, 3.05) is 18.5 Å². The second kappa shape index (κ2) is 5.65. The summed E-state index contributed by atoms with van der Waals surface area (Å²) in [6, 6.07) is 7.62. The number of hydrogen-bond donors (Lipinski definition) is 1. The Labute approximate surface area is 91.6 Å². The molecule has 0 aliphatic heterocycles. The molecule has 4 heteroatoms. The predicted molar refractivity (Wildman–Crippen MR) is 59.3 cm³/mol. The van der Waals surface area contributed by atoms with Crippen LogP contribution < -0.4 is 5.32 Å². The van der Waals surface area contributed by atoms with Gasteiger partial charge in [0.15, 0.2) is 0 Å². The van der Waals surface area contributed by atoms with Crippen molar-refractivity contribution in [1.29, 1.82) is 0 Å². The van der Waals surface area contributed by atoms with Crippen molar-refractivity contribution < 1.29 is 9.53 Å². The third-order valence-electron chi connectivity index (χ3n) is 1.57. The van der Waals surface area contributed by atoms with Crippen LogP contribution in [0.2, 0.25) is 0 Å². The van der Waals surface area contributed by atoms with E-state index in [-0.39, 0.29) is 12.5 Å². The summed E-state index contributed by atoms with van der Waals surface area (Å²) in [5, 5.41) is 2.97. The first-order valence-electron chi connectivity index (χ1n) is 4.37. The number of benzene rings is 1. The van der Waals surface area contributed by atoms with Gasteiger partial charge in [0.25, 0.3) is 0 Å². The van der Waals surface area contributed by atoms with Gasteiger partial charge in [0.05, 0.1) is 6.61 Å².